The van der Waals surface area contributed by atoms with E-state index in [1.54, 1.807) is 0 Å². The molecule has 0 aromatic rings. The molecule has 1 unspecified atom stereocenters. The van der Waals surface area contributed by atoms with E-state index in [-0.39, 0.29) is 11.5 Å². The Morgan fingerprint density at radius 2 is 1.78 bits per heavy atom. The van der Waals surface area contributed by atoms with Crippen LogP contribution >= 0.6 is 0 Å². The Bertz CT molecular complexity index is 71.1. The molecule has 0 radical (unpaired) electrons. The third kappa shape index (κ3) is 3.52. The van der Waals surface area contributed by atoms with Crippen molar-refractivity contribution in [2.24, 2.45) is 5.41 Å². The smallest absolute Gasteiger partial charge is 0.0588 e. The van der Waals surface area contributed by atoms with Gasteiger partial charge in [0.1, 0.15) is 0 Å². The summed E-state index contributed by atoms with van der Waals surface area (Å²) in [6.07, 6.45) is 1.85. The van der Waals surface area contributed by atoms with Crippen LogP contribution in [0.3, 0.4) is 0 Å². The molecular formula is C8H18O. The quantitative estimate of drug-likeness (QED) is 0.607. The van der Waals surface area contributed by atoms with Gasteiger partial charge in [-0.15, -0.1) is 0 Å². The lowest BCUT2D eigenvalue weighted by Crippen LogP contribution is -2.25. The van der Waals surface area contributed by atoms with Gasteiger partial charge in [0.15, 0.2) is 0 Å². The van der Waals surface area contributed by atoms with Gasteiger partial charge >= 0.3 is 0 Å². The molecule has 0 fully saturated rings. The highest BCUT2D eigenvalue weighted by atomic mass is 16.3. The zero-order valence-corrected chi connectivity index (χ0v) is 6.94. The molecule has 0 saturated carbocycles. The Kier molecular flexibility index (Phi) is 3.20. The van der Waals surface area contributed by atoms with Gasteiger partial charge < -0.3 is 5.11 Å². The molecule has 0 aliphatic heterocycles. The zero-order chi connectivity index (χ0) is 7.49. The monoisotopic (exact) mass is 130 g/mol. The summed E-state index contributed by atoms with van der Waals surface area (Å²) in [7, 11) is 0. The minimum Gasteiger partial charge on any atom is -0.393 e. The summed E-state index contributed by atoms with van der Waals surface area (Å²) >= 11 is 0. The SMILES string of the molecule is CCCC(O)C(C)(C)C. The maximum atomic E-state index is 9.39. The number of hydrogen-bond donors (Lipinski definition) is 1. The minimum absolute atomic E-state index is 0.0655. The minimum atomic E-state index is -0.137. The zero-order valence-electron chi connectivity index (χ0n) is 6.94. The molecule has 0 spiro atoms. The lowest BCUT2D eigenvalue weighted by molar-refractivity contribution is 0.0551. The summed E-state index contributed by atoms with van der Waals surface area (Å²) < 4.78 is 0. The van der Waals surface area contributed by atoms with E-state index in [4.69, 9.17) is 0 Å². The van der Waals surface area contributed by atoms with E-state index in [0.29, 0.717) is 0 Å². The molecular weight excluding hydrogens is 112 g/mol. The summed E-state index contributed by atoms with van der Waals surface area (Å²) in [5.41, 5.74) is 0.0655. The molecule has 0 bridgehead atoms. The first-order valence-electron chi connectivity index (χ1n) is 3.66. The molecule has 1 nitrogen and oxygen atoms in total. The van der Waals surface area contributed by atoms with Gasteiger partial charge in [-0.3, -0.25) is 0 Å². The van der Waals surface area contributed by atoms with Crippen molar-refractivity contribution in [3.05, 3.63) is 0 Å². The number of rotatable bonds is 2. The third-order valence-corrected chi connectivity index (χ3v) is 1.56. The highest BCUT2D eigenvalue weighted by Crippen LogP contribution is 2.21. The van der Waals surface area contributed by atoms with Crippen molar-refractivity contribution in [3.63, 3.8) is 0 Å². The van der Waals surface area contributed by atoms with E-state index in [1.807, 2.05) is 0 Å². The predicted octanol–water partition coefficient (Wildman–Crippen LogP) is 2.19. The van der Waals surface area contributed by atoms with Gasteiger partial charge in [0.2, 0.25) is 0 Å². The highest BCUT2D eigenvalue weighted by Gasteiger charge is 2.20. The first kappa shape index (κ1) is 8.96. The molecule has 0 rings (SSSR count). The Morgan fingerprint density at radius 3 is 1.89 bits per heavy atom. The standard InChI is InChI=1S/C8H18O/c1-5-6-7(9)8(2,3)4/h7,9H,5-6H2,1-4H3. The van der Waals surface area contributed by atoms with Gasteiger partial charge in [0.25, 0.3) is 0 Å². The van der Waals surface area contributed by atoms with Crippen molar-refractivity contribution in [2.45, 2.75) is 46.6 Å². The van der Waals surface area contributed by atoms with Crippen LogP contribution in [0.15, 0.2) is 0 Å². The fourth-order valence-corrected chi connectivity index (χ4v) is 0.706. The number of aliphatic hydroxyl groups excluding tert-OH is 1. The van der Waals surface area contributed by atoms with E-state index in [0.717, 1.165) is 12.8 Å². The van der Waals surface area contributed by atoms with Crippen LogP contribution in [-0.4, -0.2) is 11.2 Å². The maximum Gasteiger partial charge on any atom is 0.0588 e. The Morgan fingerprint density at radius 1 is 1.33 bits per heavy atom. The van der Waals surface area contributed by atoms with Gasteiger partial charge in [0, 0.05) is 0 Å². The van der Waals surface area contributed by atoms with E-state index < -0.39 is 0 Å². The summed E-state index contributed by atoms with van der Waals surface area (Å²) in [4.78, 5) is 0. The van der Waals surface area contributed by atoms with Crippen LogP contribution in [0.25, 0.3) is 0 Å². The van der Waals surface area contributed by atoms with Crippen LogP contribution in [0, 0.1) is 5.41 Å². The fourth-order valence-electron chi connectivity index (χ4n) is 0.706. The van der Waals surface area contributed by atoms with Crippen molar-refractivity contribution < 1.29 is 5.11 Å². The van der Waals surface area contributed by atoms with Gasteiger partial charge in [-0.25, -0.2) is 0 Å². The molecule has 0 aliphatic rings. The molecule has 0 saturated heterocycles. The number of hydrogen-bond acceptors (Lipinski definition) is 1. The van der Waals surface area contributed by atoms with E-state index in [2.05, 4.69) is 27.7 Å². The molecule has 0 aromatic heterocycles. The molecule has 0 aromatic carbocycles. The van der Waals surface area contributed by atoms with Crippen molar-refractivity contribution >= 4 is 0 Å². The fraction of sp³-hybridized carbons (Fsp3) is 1.00. The second-order valence-electron chi connectivity index (χ2n) is 3.67. The van der Waals surface area contributed by atoms with Crippen LogP contribution < -0.4 is 0 Å². The first-order chi connectivity index (χ1) is 3.98. The second-order valence-corrected chi connectivity index (χ2v) is 3.67. The molecule has 1 N–H and O–H groups in total. The highest BCUT2D eigenvalue weighted by molar-refractivity contribution is 4.71. The Balaban J connectivity index is 3.59. The van der Waals surface area contributed by atoms with Gasteiger partial charge in [-0.1, -0.05) is 34.1 Å². The van der Waals surface area contributed by atoms with Crippen LogP contribution in [0.5, 0.6) is 0 Å². The predicted molar refractivity (Wildman–Crippen MR) is 40.4 cm³/mol. The lowest BCUT2D eigenvalue weighted by atomic mass is 9.87. The molecule has 0 aliphatic carbocycles. The third-order valence-electron chi connectivity index (χ3n) is 1.56. The summed E-state index contributed by atoms with van der Waals surface area (Å²) in [5.74, 6) is 0. The van der Waals surface area contributed by atoms with Crippen LogP contribution in [0.4, 0.5) is 0 Å². The van der Waals surface area contributed by atoms with Crippen molar-refractivity contribution in [3.8, 4) is 0 Å². The summed E-state index contributed by atoms with van der Waals surface area (Å²) in [6, 6.07) is 0. The molecule has 1 atom stereocenters. The lowest BCUT2D eigenvalue weighted by Gasteiger charge is -2.25. The average Bonchev–Trinajstić information content (AvgIpc) is 1.64. The molecule has 0 amide bonds. The second kappa shape index (κ2) is 3.21. The Labute approximate surface area is 58.1 Å². The average molecular weight is 130 g/mol. The summed E-state index contributed by atoms with van der Waals surface area (Å²) in [6.45, 7) is 8.28. The Hall–Kier alpha value is -0.0400. The number of aliphatic hydroxyl groups is 1. The van der Waals surface area contributed by atoms with E-state index in [1.165, 1.54) is 0 Å². The molecule has 56 valence electrons. The largest absolute Gasteiger partial charge is 0.393 e. The van der Waals surface area contributed by atoms with Crippen LogP contribution in [-0.2, 0) is 0 Å². The van der Waals surface area contributed by atoms with Gasteiger partial charge in [-0.2, -0.15) is 0 Å². The van der Waals surface area contributed by atoms with Crippen molar-refractivity contribution in [1.82, 2.24) is 0 Å². The molecule has 0 heterocycles. The molecule has 1 heteroatoms. The topological polar surface area (TPSA) is 20.2 Å². The van der Waals surface area contributed by atoms with Crippen molar-refractivity contribution in [1.29, 1.82) is 0 Å². The van der Waals surface area contributed by atoms with E-state index in [9.17, 15) is 5.11 Å². The van der Waals surface area contributed by atoms with Gasteiger partial charge in [-0.05, 0) is 11.8 Å². The maximum absolute atomic E-state index is 9.39. The molecule has 9 heavy (non-hydrogen) atoms. The summed E-state index contributed by atoms with van der Waals surface area (Å²) in [5, 5.41) is 9.39. The van der Waals surface area contributed by atoms with Gasteiger partial charge in [0.05, 0.1) is 6.10 Å². The first-order valence-corrected chi connectivity index (χ1v) is 3.66. The van der Waals surface area contributed by atoms with Crippen molar-refractivity contribution in [2.75, 3.05) is 0 Å². The van der Waals surface area contributed by atoms with E-state index >= 15 is 0 Å². The van der Waals surface area contributed by atoms with Crippen LogP contribution in [0.1, 0.15) is 40.5 Å². The van der Waals surface area contributed by atoms with Crippen LogP contribution in [0.2, 0.25) is 0 Å². The normalized spacial score (nSPS) is 15.7.